The number of aromatic amines is 1. The van der Waals surface area contributed by atoms with E-state index in [2.05, 4.69) is 52.9 Å². The first kappa shape index (κ1) is 13.6. The molecule has 98 valence electrons. The fourth-order valence-corrected chi connectivity index (χ4v) is 3.07. The van der Waals surface area contributed by atoms with E-state index < -0.39 is 0 Å². The van der Waals surface area contributed by atoms with Crippen LogP contribution in [0.5, 0.6) is 0 Å². The molecular weight excluding hydrogens is 407 g/mol. The maximum atomic E-state index is 9.04. The zero-order valence-electron chi connectivity index (χ0n) is 9.78. The highest BCUT2D eigenvalue weighted by atomic mass is 79.9. The standard InChI is InChI=1S/C13H5Br2ClN4/c14-9-5-19-13(16)20-11(9)8-4-18-12-7(8)2-1-6(3-17)10(12)15/h1-2,4-5,18H. The van der Waals surface area contributed by atoms with Gasteiger partial charge in [0.25, 0.3) is 0 Å². The molecule has 1 N–H and O–H groups in total. The Balaban J connectivity index is 2.31. The maximum absolute atomic E-state index is 9.04. The van der Waals surface area contributed by atoms with Crippen molar-refractivity contribution in [3.63, 3.8) is 0 Å². The van der Waals surface area contributed by atoms with E-state index in [4.69, 9.17) is 16.9 Å². The van der Waals surface area contributed by atoms with E-state index in [1.165, 1.54) is 0 Å². The summed E-state index contributed by atoms with van der Waals surface area (Å²) in [6, 6.07) is 5.78. The third-order valence-corrected chi connectivity index (χ3v) is 4.47. The van der Waals surface area contributed by atoms with Crippen molar-refractivity contribution in [2.45, 2.75) is 0 Å². The van der Waals surface area contributed by atoms with Gasteiger partial charge in [-0.15, -0.1) is 0 Å². The van der Waals surface area contributed by atoms with Crippen LogP contribution in [0.2, 0.25) is 5.28 Å². The summed E-state index contributed by atoms with van der Waals surface area (Å²) in [7, 11) is 0. The van der Waals surface area contributed by atoms with Crippen molar-refractivity contribution in [3.05, 3.63) is 44.3 Å². The summed E-state index contributed by atoms with van der Waals surface area (Å²) in [6.45, 7) is 0. The normalized spacial score (nSPS) is 10.7. The molecule has 0 radical (unpaired) electrons. The highest BCUT2D eigenvalue weighted by Gasteiger charge is 2.15. The zero-order valence-corrected chi connectivity index (χ0v) is 13.7. The molecule has 0 aliphatic heterocycles. The molecule has 2 heterocycles. The number of hydrogen-bond donors (Lipinski definition) is 1. The van der Waals surface area contributed by atoms with Crippen LogP contribution in [-0.2, 0) is 0 Å². The Hall–Kier alpha value is -1.42. The minimum atomic E-state index is 0.185. The first-order valence-electron chi connectivity index (χ1n) is 5.50. The van der Waals surface area contributed by atoms with Gasteiger partial charge in [0.15, 0.2) is 0 Å². The fraction of sp³-hybridized carbons (Fsp3) is 0. The Morgan fingerprint density at radius 1 is 1.30 bits per heavy atom. The molecule has 3 rings (SSSR count). The molecule has 0 bridgehead atoms. The lowest BCUT2D eigenvalue weighted by Crippen LogP contribution is -1.88. The van der Waals surface area contributed by atoms with Crippen molar-refractivity contribution < 1.29 is 0 Å². The number of hydrogen-bond acceptors (Lipinski definition) is 3. The van der Waals surface area contributed by atoms with Gasteiger partial charge in [-0.2, -0.15) is 5.26 Å². The molecule has 3 aromatic rings. The number of aromatic nitrogens is 3. The first-order chi connectivity index (χ1) is 9.61. The van der Waals surface area contributed by atoms with Crippen molar-refractivity contribution in [1.82, 2.24) is 15.0 Å². The minimum absolute atomic E-state index is 0.185. The number of nitriles is 1. The number of halogens is 3. The predicted octanol–water partition coefficient (Wildman–Crippen LogP) is 4.67. The molecule has 0 fully saturated rings. The quantitative estimate of drug-likeness (QED) is 0.591. The van der Waals surface area contributed by atoms with E-state index in [0.717, 1.165) is 25.4 Å². The second kappa shape index (κ2) is 5.17. The SMILES string of the molecule is N#Cc1ccc2c(-c3nc(Cl)ncc3Br)c[nH]c2c1Br. The molecule has 0 saturated heterocycles. The van der Waals surface area contributed by atoms with Crippen LogP contribution in [0.25, 0.3) is 22.2 Å². The molecule has 1 aromatic carbocycles. The van der Waals surface area contributed by atoms with Crippen LogP contribution >= 0.6 is 43.5 Å². The largest absolute Gasteiger partial charge is 0.360 e. The predicted molar refractivity (Wildman–Crippen MR) is 84.4 cm³/mol. The summed E-state index contributed by atoms with van der Waals surface area (Å²) < 4.78 is 1.49. The van der Waals surface area contributed by atoms with E-state index in [-0.39, 0.29) is 5.28 Å². The second-order valence-electron chi connectivity index (χ2n) is 4.00. The molecule has 0 aliphatic rings. The molecule has 0 amide bonds. The Labute approximate surface area is 136 Å². The van der Waals surface area contributed by atoms with Crippen LogP contribution in [0.15, 0.2) is 33.5 Å². The number of nitrogens with zero attached hydrogens (tertiary/aromatic N) is 3. The van der Waals surface area contributed by atoms with E-state index in [1.54, 1.807) is 12.3 Å². The van der Waals surface area contributed by atoms with Crippen molar-refractivity contribution in [1.29, 1.82) is 5.26 Å². The number of H-pyrrole nitrogens is 1. The molecular formula is C13H5Br2ClN4. The van der Waals surface area contributed by atoms with Crippen molar-refractivity contribution >= 4 is 54.4 Å². The molecule has 2 aromatic heterocycles. The summed E-state index contributed by atoms with van der Waals surface area (Å²) in [5.41, 5.74) is 3.01. The average molecular weight is 412 g/mol. The van der Waals surface area contributed by atoms with Gasteiger partial charge in [-0.05, 0) is 49.5 Å². The summed E-state index contributed by atoms with van der Waals surface area (Å²) >= 11 is 12.7. The Morgan fingerprint density at radius 2 is 2.10 bits per heavy atom. The summed E-state index contributed by atoms with van der Waals surface area (Å²) in [5.74, 6) is 0. The van der Waals surface area contributed by atoms with Gasteiger partial charge < -0.3 is 4.98 Å². The minimum Gasteiger partial charge on any atom is -0.360 e. The summed E-state index contributed by atoms with van der Waals surface area (Å²) in [6.07, 6.45) is 3.45. The Bertz CT molecular complexity index is 867. The van der Waals surface area contributed by atoms with E-state index in [0.29, 0.717) is 11.3 Å². The third-order valence-electron chi connectivity index (χ3n) is 2.88. The fourth-order valence-electron chi connectivity index (χ4n) is 1.98. The third kappa shape index (κ3) is 2.12. The maximum Gasteiger partial charge on any atom is 0.222 e. The molecule has 7 heteroatoms. The van der Waals surface area contributed by atoms with E-state index >= 15 is 0 Å². The lowest BCUT2D eigenvalue weighted by Gasteiger charge is -2.03. The number of nitrogens with one attached hydrogen (secondary N) is 1. The number of fused-ring (bicyclic) bond motifs is 1. The van der Waals surface area contributed by atoms with Crippen LogP contribution in [0, 0.1) is 11.3 Å². The van der Waals surface area contributed by atoms with Gasteiger partial charge >= 0.3 is 0 Å². The van der Waals surface area contributed by atoms with E-state index in [9.17, 15) is 0 Å². The molecule has 4 nitrogen and oxygen atoms in total. The zero-order chi connectivity index (χ0) is 14.3. The van der Waals surface area contributed by atoms with Crippen LogP contribution in [0.1, 0.15) is 5.56 Å². The average Bonchev–Trinajstić information content (AvgIpc) is 2.86. The van der Waals surface area contributed by atoms with Crippen LogP contribution in [0.4, 0.5) is 0 Å². The van der Waals surface area contributed by atoms with Gasteiger partial charge in [0.2, 0.25) is 5.28 Å². The second-order valence-corrected chi connectivity index (χ2v) is 5.98. The summed E-state index contributed by atoms with van der Waals surface area (Å²) in [5, 5.41) is 10.2. The van der Waals surface area contributed by atoms with Crippen LogP contribution in [-0.4, -0.2) is 15.0 Å². The molecule has 0 aliphatic carbocycles. The van der Waals surface area contributed by atoms with Gasteiger partial charge in [-0.25, -0.2) is 9.97 Å². The smallest absolute Gasteiger partial charge is 0.222 e. The highest BCUT2D eigenvalue weighted by molar-refractivity contribution is 9.11. The van der Waals surface area contributed by atoms with E-state index in [1.807, 2.05) is 12.3 Å². The van der Waals surface area contributed by atoms with Gasteiger partial charge in [-0.1, -0.05) is 6.07 Å². The molecule has 20 heavy (non-hydrogen) atoms. The number of rotatable bonds is 1. The van der Waals surface area contributed by atoms with Crippen LogP contribution in [0.3, 0.4) is 0 Å². The molecule has 0 unspecified atom stereocenters. The molecule has 0 spiro atoms. The number of benzene rings is 1. The summed E-state index contributed by atoms with van der Waals surface area (Å²) in [4.78, 5) is 11.3. The molecule has 0 atom stereocenters. The highest BCUT2D eigenvalue weighted by Crippen LogP contribution is 2.36. The van der Waals surface area contributed by atoms with Gasteiger partial charge in [0.05, 0.1) is 25.7 Å². The van der Waals surface area contributed by atoms with Gasteiger partial charge in [0.1, 0.15) is 6.07 Å². The van der Waals surface area contributed by atoms with Gasteiger partial charge in [-0.3, -0.25) is 0 Å². The van der Waals surface area contributed by atoms with Gasteiger partial charge in [0, 0.05) is 23.3 Å². The van der Waals surface area contributed by atoms with Crippen molar-refractivity contribution in [3.8, 4) is 17.3 Å². The Kier molecular flexibility index (Phi) is 3.50. The lowest BCUT2D eigenvalue weighted by atomic mass is 10.1. The monoisotopic (exact) mass is 410 g/mol. The van der Waals surface area contributed by atoms with Crippen molar-refractivity contribution in [2.24, 2.45) is 0 Å². The van der Waals surface area contributed by atoms with Crippen molar-refractivity contribution in [2.75, 3.05) is 0 Å². The first-order valence-corrected chi connectivity index (χ1v) is 7.46. The van der Waals surface area contributed by atoms with Crippen LogP contribution < -0.4 is 0 Å². The topological polar surface area (TPSA) is 65.4 Å². The lowest BCUT2D eigenvalue weighted by molar-refractivity contribution is 1.16. The Morgan fingerprint density at radius 3 is 2.85 bits per heavy atom. The molecule has 0 saturated carbocycles.